The Labute approximate surface area is 113 Å². The molecule has 1 aliphatic heterocycles. The molecule has 5 heteroatoms. The third kappa shape index (κ3) is 3.05. The molecule has 2 rings (SSSR count). The molecule has 0 spiro atoms. The zero-order valence-corrected chi connectivity index (χ0v) is 11.5. The summed E-state index contributed by atoms with van der Waals surface area (Å²) in [7, 11) is 3.60. The zero-order chi connectivity index (χ0) is 13.8. The second-order valence-electron chi connectivity index (χ2n) is 4.87. The highest BCUT2D eigenvalue weighted by atomic mass is 16.5. The van der Waals surface area contributed by atoms with Crippen molar-refractivity contribution in [3.05, 3.63) is 29.8 Å². The number of hydrogen-bond donors (Lipinski definition) is 1. The van der Waals surface area contributed by atoms with Crippen molar-refractivity contribution in [1.82, 2.24) is 4.90 Å². The van der Waals surface area contributed by atoms with E-state index in [9.17, 15) is 4.79 Å². The maximum atomic E-state index is 12.3. The van der Waals surface area contributed by atoms with E-state index in [-0.39, 0.29) is 12.5 Å². The van der Waals surface area contributed by atoms with Gasteiger partial charge in [0, 0.05) is 39.5 Å². The molecule has 0 aliphatic carbocycles. The summed E-state index contributed by atoms with van der Waals surface area (Å²) >= 11 is 0. The highest BCUT2D eigenvalue weighted by molar-refractivity contribution is 5.82. The van der Waals surface area contributed by atoms with Gasteiger partial charge in [-0.1, -0.05) is 18.2 Å². The minimum absolute atomic E-state index is 0.0491. The minimum Gasteiger partial charge on any atom is -0.383 e. The van der Waals surface area contributed by atoms with Crippen LogP contribution in [0.2, 0.25) is 0 Å². The largest absolute Gasteiger partial charge is 0.383 e. The van der Waals surface area contributed by atoms with E-state index in [0.29, 0.717) is 13.1 Å². The molecule has 1 aromatic carbocycles. The van der Waals surface area contributed by atoms with Crippen molar-refractivity contribution in [2.45, 2.75) is 12.6 Å². The standard InChI is InChI=1S/C14H21N3O2/c1-16-7-8-17(14(18)12(15)10-19-2)9-11-5-3-4-6-13(11)16/h3-6,12H,7-10,15H2,1-2H3. The van der Waals surface area contributed by atoms with Gasteiger partial charge in [0.2, 0.25) is 5.91 Å². The summed E-state index contributed by atoms with van der Waals surface area (Å²) < 4.78 is 4.95. The Morgan fingerprint density at radius 3 is 2.89 bits per heavy atom. The predicted octanol–water partition coefficient (Wildman–Crippen LogP) is 0.439. The number of methoxy groups -OCH3 is 1. The van der Waals surface area contributed by atoms with Gasteiger partial charge in [0.25, 0.3) is 0 Å². The Morgan fingerprint density at radius 1 is 1.42 bits per heavy atom. The third-order valence-electron chi connectivity index (χ3n) is 3.44. The lowest BCUT2D eigenvalue weighted by Gasteiger charge is -2.24. The second-order valence-corrected chi connectivity index (χ2v) is 4.87. The van der Waals surface area contributed by atoms with E-state index in [1.165, 1.54) is 5.69 Å². The number of fused-ring (bicyclic) bond motifs is 1. The van der Waals surface area contributed by atoms with Gasteiger partial charge in [-0.15, -0.1) is 0 Å². The van der Waals surface area contributed by atoms with Gasteiger partial charge >= 0.3 is 0 Å². The average molecular weight is 263 g/mol. The van der Waals surface area contributed by atoms with Crippen molar-refractivity contribution in [1.29, 1.82) is 0 Å². The molecule has 0 saturated heterocycles. The lowest BCUT2D eigenvalue weighted by Crippen LogP contribution is -2.46. The number of benzene rings is 1. The summed E-state index contributed by atoms with van der Waals surface area (Å²) in [6.45, 7) is 2.35. The average Bonchev–Trinajstić information content (AvgIpc) is 2.58. The highest BCUT2D eigenvalue weighted by Gasteiger charge is 2.24. The number of nitrogens with zero attached hydrogens (tertiary/aromatic N) is 2. The van der Waals surface area contributed by atoms with Crippen LogP contribution in [-0.2, 0) is 16.1 Å². The van der Waals surface area contributed by atoms with Gasteiger partial charge < -0.3 is 20.3 Å². The maximum absolute atomic E-state index is 12.3. The van der Waals surface area contributed by atoms with E-state index in [1.54, 1.807) is 7.11 Å². The Bertz CT molecular complexity index is 450. The molecule has 1 aliphatic rings. The van der Waals surface area contributed by atoms with Crippen molar-refractivity contribution in [2.24, 2.45) is 5.73 Å². The number of ether oxygens (including phenoxy) is 1. The molecule has 0 fully saturated rings. The fourth-order valence-electron chi connectivity index (χ4n) is 2.37. The van der Waals surface area contributed by atoms with Crippen LogP contribution in [0.4, 0.5) is 5.69 Å². The smallest absolute Gasteiger partial charge is 0.242 e. The number of amides is 1. The number of likely N-dealkylation sites (N-methyl/N-ethyl adjacent to an activating group) is 1. The van der Waals surface area contributed by atoms with Crippen molar-refractivity contribution < 1.29 is 9.53 Å². The van der Waals surface area contributed by atoms with E-state index in [2.05, 4.69) is 17.0 Å². The lowest BCUT2D eigenvalue weighted by atomic mass is 10.1. The van der Waals surface area contributed by atoms with Crippen LogP contribution in [0.1, 0.15) is 5.56 Å². The SMILES string of the molecule is COCC(N)C(=O)N1CCN(C)c2ccccc2C1. The Balaban J connectivity index is 2.16. The fourth-order valence-corrected chi connectivity index (χ4v) is 2.37. The summed E-state index contributed by atoms with van der Waals surface area (Å²) in [6, 6.07) is 7.57. The monoisotopic (exact) mass is 263 g/mol. The maximum Gasteiger partial charge on any atom is 0.242 e. The first-order valence-corrected chi connectivity index (χ1v) is 6.46. The molecule has 0 aromatic heterocycles. The molecule has 2 N–H and O–H groups in total. The van der Waals surface area contributed by atoms with Gasteiger partial charge in [0.05, 0.1) is 6.61 Å². The van der Waals surface area contributed by atoms with Crippen LogP contribution in [0.25, 0.3) is 0 Å². The predicted molar refractivity (Wildman–Crippen MR) is 75.0 cm³/mol. The molecule has 0 radical (unpaired) electrons. The van der Waals surface area contributed by atoms with Crippen molar-refractivity contribution in [3.8, 4) is 0 Å². The third-order valence-corrected chi connectivity index (χ3v) is 3.44. The van der Waals surface area contributed by atoms with Crippen LogP contribution < -0.4 is 10.6 Å². The molecular weight excluding hydrogens is 242 g/mol. The zero-order valence-electron chi connectivity index (χ0n) is 11.5. The minimum atomic E-state index is -0.583. The number of carbonyl (C=O) groups is 1. The number of para-hydroxylation sites is 1. The number of nitrogens with two attached hydrogens (primary N) is 1. The van der Waals surface area contributed by atoms with Gasteiger partial charge in [-0.3, -0.25) is 4.79 Å². The van der Waals surface area contributed by atoms with E-state index in [4.69, 9.17) is 10.5 Å². The Morgan fingerprint density at radius 2 is 2.16 bits per heavy atom. The molecule has 1 aromatic rings. The van der Waals surface area contributed by atoms with Crippen LogP contribution >= 0.6 is 0 Å². The van der Waals surface area contributed by atoms with Crippen LogP contribution in [0.15, 0.2) is 24.3 Å². The van der Waals surface area contributed by atoms with E-state index in [0.717, 1.165) is 12.1 Å². The summed E-state index contributed by atoms with van der Waals surface area (Å²) in [5.74, 6) is -0.0491. The number of carbonyl (C=O) groups excluding carboxylic acids is 1. The molecule has 1 atom stereocenters. The number of rotatable bonds is 3. The normalized spacial score (nSPS) is 16.8. The van der Waals surface area contributed by atoms with Gasteiger partial charge in [-0.2, -0.15) is 0 Å². The number of hydrogen-bond acceptors (Lipinski definition) is 4. The van der Waals surface area contributed by atoms with E-state index >= 15 is 0 Å². The second kappa shape index (κ2) is 6.04. The molecule has 5 nitrogen and oxygen atoms in total. The summed E-state index contributed by atoms with van der Waals surface area (Å²) in [4.78, 5) is 16.2. The Hall–Kier alpha value is -1.59. The summed E-state index contributed by atoms with van der Waals surface area (Å²) in [5.41, 5.74) is 8.17. The lowest BCUT2D eigenvalue weighted by molar-refractivity contribution is -0.134. The fraction of sp³-hybridized carbons (Fsp3) is 0.500. The first-order chi connectivity index (χ1) is 9.13. The Kier molecular flexibility index (Phi) is 4.39. The molecule has 0 bridgehead atoms. The van der Waals surface area contributed by atoms with Crippen LogP contribution in [0.3, 0.4) is 0 Å². The van der Waals surface area contributed by atoms with E-state index < -0.39 is 6.04 Å². The first-order valence-electron chi connectivity index (χ1n) is 6.46. The molecule has 1 unspecified atom stereocenters. The molecule has 19 heavy (non-hydrogen) atoms. The highest BCUT2D eigenvalue weighted by Crippen LogP contribution is 2.23. The molecule has 1 amide bonds. The van der Waals surface area contributed by atoms with Crippen LogP contribution in [0.5, 0.6) is 0 Å². The molecular formula is C14H21N3O2. The quantitative estimate of drug-likeness (QED) is 0.859. The van der Waals surface area contributed by atoms with Crippen molar-refractivity contribution in [3.63, 3.8) is 0 Å². The summed E-state index contributed by atoms with van der Waals surface area (Å²) in [6.07, 6.45) is 0. The van der Waals surface area contributed by atoms with Crippen molar-refractivity contribution >= 4 is 11.6 Å². The van der Waals surface area contributed by atoms with Gasteiger partial charge in [0.15, 0.2) is 0 Å². The van der Waals surface area contributed by atoms with Crippen LogP contribution in [-0.4, -0.2) is 50.7 Å². The first kappa shape index (κ1) is 13.8. The van der Waals surface area contributed by atoms with E-state index in [1.807, 2.05) is 24.1 Å². The van der Waals surface area contributed by atoms with Crippen molar-refractivity contribution in [2.75, 3.05) is 38.8 Å². The molecule has 104 valence electrons. The molecule has 0 saturated carbocycles. The van der Waals surface area contributed by atoms with Gasteiger partial charge in [-0.25, -0.2) is 0 Å². The number of anilines is 1. The van der Waals surface area contributed by atoms with Crippen LogP contribution in [0, 0.1) is 0 Å². The van der Waals surface area contributed by atoms with Gasteiger partial charge in [0.1, 0.15) is 6.04 Å². The topological polar surface area (TPSA) is 58.8 Å². The molecule has 1 heterocycles. The van der Waals surface area contributed by atoms with Gasteiger partial charge in [-0.05, 0) is 11.6 Å². The summed E-state index contributed by atoms with van der Waals surface area (Å²) in [5, 5.41) is 0.